The number of nitrogens with one attached hydrogen (secondary N) is 1. The number of nitro groups is 1. The minimum Gasteiger partial charge on any atom is -0.386 e. The number of rotatable bonds is 5. The number of aliphatic hydroxyl groups excluding tert-OH is 1. The van der Waals surface area contributed by atoms with E-state index in [1.54, 1.807) is 30.2 Å². The van der Waals surface area contributed by atoms with Gasteiger partial charge in [-0.3, -0.25) is 20.1 Å². The van der Waals surface area contributed by atoms with Crippen LogP contribution in [0.3, 0.4) is 0 Å². The van der Waals surface area contributed by atoms with Gasteiger partial charge >= 0.3 is 0 Å². The molecule has 0 radical (unpaired) electrons. The van der Waals surface area contributed by atoms with Crippen LogP contribution in [0.4, 0.5) is 5.69 Å². The van der Waals surface area contributed by atoms with E-state index in [1.165, 1.54) is 12.1 Å². The zero-order valence-corrected chi connectivity index (χ0v) is 15.6. The summed E-state index contributed by atoms with van der Waals surface area (Å²) >= 11 is 1.66. The number of non-ortho nitro benzene ring substituents is 1. The third-order valence-electron chi connectivity index (χ3n) is 4.71. The molecule has 8 heteroatoms. The molecule has 2 aliphatic rings. The average Bonchev–Trinajstić information content (AvgIpc) is 3.17. The summed E-state index contributed by atoms with van der Waals surface area (Å²) < 4.78 is 0. The van der Waals surface area contributed by atoms with E-state index in [-0.39, 0.29) is 23.5 Å². The van der Waals surface area contributed by atoms with Crippen molar-refractivity contribution in [1.29, 1.82) is 0 Å². The Balaban J connectivity index is 1.52. The highest BCUT2D eigenvalue weighted by Gasteiger charge is 2.36. The Bertz CT molecular complexity index is 957. The molecule has 0 bridgehead atoms. The molecule has 0 aromatic heterocycles. The van der Waals surface area contributed by atoms with Gasteiger partial charge in [0.25, 0.3) is 5.69 Å². The molecule has 0 amide bonds. The van der Waals surface area contributed by atoms with Crippen LogP contribution in [0, 0.1) is 16.0 Å². The smallest absolute Gasteiger partial charge is 0.269 e. The van der Waals surface area contributed by atoms with Crippen LogP contribution in [0.25, 0.3) is 5.57 Å². The zero-order chi connectivity index (χ0) is 19.5. The molecular formula is C20H18N4O3S. The topological polar surface area (TPSA) is 100 Å². The van der Waals surface area contributed by atoms with Crippen molar-refractivity contribution >= 4 is 35.2 Å². The Labute approximate surface area is 166 Å². The Morgan fingerprint density at radius 1 is 1.21 bits per heavy atom. The van der Waals surface area contributed by atoms with Gasteiger partial charge in [-0.2, -0.15) is 0 Å². The van der Waals surface area contributed by atoms with Crippen LogP contribution >= 0.6 is 11.8 Å². The predicted octanol–water partition coefficient (Wildman–Crippen LogP) is 3.39. The van der Waals surface area contributed by atoms with E-state index >= 15 is 0 Å². The molecule has 28 heavy (non-hydrogen) atoms. The second kappa shape index (κ2) is 7.95. The first kappa shape index (κ1) is 18.4. The number of aliphatic hydroxyl groups is 1. The van der Waals surface area contributed by atoms with Gasteiger partial charge in [-0.1, -0.05) is 30.3 Å². The van der Waals surface area contributed by atoms with Crippen molar-refractivity contribution in [3.63, 3.8) is 0 Å². The lowest BCUT2D eigenvalue weighted by atomic mass is 9.92. The van der Waals surface area contributed by atoms with Crippen molar-refractivity contribution < 1.29 is 10.0 Å². The number of thioether (sulfide) groups is 1. The van der Waals surface area contributed by atoms with E-state index < -0.39 is 11.0 Å². The maximum Gasteiger partial charge on any atom is 0.269 e. The number of nitrogens with zero attached hydrogens (tertiary/aromatic N) is 3. The van der Waals surface area contributed by atoms with Crippen molar-refractivity contribution in [2.75, 3.05) is 6.54 Å². The Morgan fingerprint density at radius 2 is 1.96 bits per heavy atom. The normalized spacial score (nSPS) is 23.0. The van der Waals surface area contributed by atoms with E-state index in [1.807, 2.05) is 18.2 Å². The molecule has 0 unspecified atom stereocenters. The highest BCUT2D eigenvalue weighted by atomic mass is 32.2. The van der Waals surface area contributed by atoms with E-state index in [9.17, 15) is 15.2 Å². The molecule has 0 saturated carbocycles. The fraction of sp³-hybridized carbons (Fsp3) is 0.200. The number of hydrogen-bond donors (Lipinski definition) is 2. The SMILES string of the molecule is O=[N+]([O-])c1ccc([C@@H](O)CN=C2NC=N[C@@H]3SC=C(c4ccccc4)[C@H]23)cc1. The Hall–Kier alpha value is -2.97. The molecule has 0 spiro atoms. The van der Waals surface area contributed by atoms with Crippen molar-refractivity contribution in [2.45, 2.75) is 11.5 Å². The quantitative estimate of drug-likeness (QED) is 0.598. The second-order valence-corrected chi connectivity index (χ2v) is 7.45. The number of amidine groups is 1. The van der Waals surface area contributed by atoms with E-state index in [2.05, 4.69) is 32.8 Å². The van der Waals surface area contributed by atoms with E-state index in [0.29, 0.717) is 5.56 Å². The summed E-state index contributed by atoms with van der Waals surface area (Å²) in [6, 6.07) is 16.0. The number of benzene rings is 2. The predicted molar refractivity (Wildman–Crippen MR) is 111 cm³/mol. The molecule has 2 heterocycles. The largest absolute Gasteiger partial charge is 0.386 e. The molecule has 142 valence electrons. The molecule has 2 aromatic carbocycles. The van der Waals surface area contributed by atoms with Crippen molar-refractivity contribution in [3.05, 3.63) is 81.2 Å². The summed E-state index contributed by atoms with van der Waals surface area (Å²) in [5, 5.41) is 26.5. The van der Waals surface area contributed by atoms with Gasteiger partial charge in [0.2, 0.25) is 0 Å². The minimum absolute atomic E-state index is 0.00135. The number of aliphatic imine (C=N–C) groups is 2. The van der Waals surface area contributed by atoms with Gasteiger partial charge < -0.3 is 10.4 Å². The number of hydrogen-bond acceptors (Lipinski definition) is 6. The second-order valence-electron chi connectivity index (χ2n) is 6.46. The molecule has 2 aliphatic heterocycles. The standard InChI is InChI=1S/C20H18N4O3S/c25-17(14-6-8-15(9-7-14)24(26)27)10-21-19-18-16(13-4-2-1-3-5-13)11-28-20(18)23-12-22-19/h1-9,11-12,17-18,20,25H,10H2,(H,21,22,23)/t17-,18+,20+/m0/s1. The minimum atomic E-state index is -0.842. The van der Waals surface area contributed by atoms with Crippen molar-refractivity contribution in [2.24, 2.45) is 15.9 Å². The monoisotopic (exact) mass is 394 g/mol. The zero-order valence-electron chi connectivity index (χ0n) is 14.8. The van der Waals surface area contributed by atoms with Crippen molar-refractivity contribution in [1.82, 2.24) is 5.32 Å². The van der Waals surface area contributed by atoms with Gasteiger partial charge in [-0.25, -0.2) is 0 Å². The first-order valence-corrected chi connectivity index (χ1v) is 9.73. The molecule has 7 nitrogen and oxygen atoms in total. The molecule has 0 saturated heterocycles. The summed E-state index contributed by atoms with van der Waals surface area (Å²) in [5.41, 5.74) is 2.88. The third kappa shape index (κ3) is 3.69. The molecule has 3 atom stereocenters. The highest BCUT2D eigenvalue weighted by molar-refractivity contribution is 8.03. The Morgan fingerprint density at radius 3 is 2.68 bits per heavy atom. The average molecular weight is 394 g/mol. The Kier molecular flexibility index (Phi) is 5.23. The van der Waals surface area contributed by atoms with Gasteiger partial charge in [-0.15, -0.1) is 11.8 Å². The first-order valence-electron chi connectivity index (χ1n) is 8.79. The summed E-state index contributed by atoms with van der Waals surface area (Å²) in [7, 11) is 0. The lowest BCUT2D eigenvalue weighted by Gasteiger charge is -2.25. The van der Waals surface area contributed by atoms with Crippen LogP contribution in [0.5, 0.6) is 0 Å². The fourth-order valence-corrected chi connectivity index (χ4v) is 4.38. The van der Waals surface area contributed by atoms with Gasteiger partial charge in [0.15, 0.2) is 0 Å². The van der Waals surface area contributed by atoms with Crippen LogP contribution in [-0.2, 0) is 0 Å². The molecule has 0 aliphatic carbocycles. The first-order chi connectivity index (χ1) is 13.6. The molecule has 2 N–H and O–H groups in total. The maximum absolute atomic E-state index is 10.8. The van der Waals surface area contributed by atoms with Gasteiger partial charge in [-0.05, 0) is 34.2 Å². The van der Waals surface area contributed by atoms with Gasteiger partial charge in [0, 0.05) is 12.1 Å². The third-order valence-corrected chi connectivity index (χ3v) is 5.78. The molecule has 2 aromatic rings. The van der Waals surface area contributed by atoms with Gasteiger partial charge in [0.1, 0.15) is 11.2 Å². The lowest BCUT2D eigenvalue weighted by Crippen LogP contribution is -2.39. The van der Waals surface area contributed by atoms with Crippen LogP contribution in [0.1, 0.15) is 17.2 Å². The number of fused-ring (bicyclic) bond motifs is 1. The van der Waals surface area contributed by atoms with E-state index in [4.69, 9.17) is 0 Å². The summed E-state index contributed by atoms with van der Waals surface area (Å²) in [4.78, 5) is 19.4. The van der Waals surface area contributed by atoms with Crippen LogP contribution < -0.4 is 5.32 Å². The van der Waals surface area contributed by atoms with Crippen LogP contribution in [0.2, 0.25) is 0 Å². The highest BCUT2D eigenvalue weighted by Crippen LogP contribution is 2.43. The van der Waals surface area contributed by atoms with Crippen molar-refractivity contribution in [3.8, 4) is 0 Å². The fourth-order valence-electron chi connectivity index (χ4n) is 3.25. The summed E-state index contributed by atoms with van der Waals surface area (Å²) in [5.74, 6) is 0.766. The molecule has 4 rings (SSSR count). The maximum atomic E-state index is 10.8. The van der Waals surface area contributed by atoms with E-state index in [0.717, 1.165) is 17.0 Å². The van der Waals surface area contributed by atoms with Crippen LogP contribution in [-0.4, -0.2) is 34.1 Å². The molecular weight excluding hydrogens is 376 g/mol. The van der Waals surface area contributed by atoms with Gasteiger partial charge in [0.05, 0.1) is 29.8 Å². The number of nitro benzene ring substituents is 1. The van der Waals surface area contributed by atoms with Crippen LogP contribution in [0.15, 0.2) is 70.0 Å². The molecule has 0 fully saturated rings. The lowest BCUT2D eigenvalue weighted by molar-refractivity contribution is -0.384. The summed E-state index contributed by atoms with van der Waals surface area (Å²) in [6.07, 6.45) is 0.804. The summed E-state index contributed by atoms with van der Waals surface area (Å²) in [6.45, 7) is 0.157.